The zero-order valence-electron chi connectivity index (χ0n) is 26.6. The van der Waals surface area contributed by atoms with Crippen molar-refractivity contribution in [2.75, 3.05) is 32.6 Å². The van der Waals surface area contributed by atoms with Gasteiger partial charge in [-0.3, -0.25) is 14.2 Å². The van der Waals surface area contributed by atoms with E-state index in [-0.39, 0.29) is 67.3 Å². The molecule has 2 aromatic heterocycles. The van der Waals surface area contributed by atoms with E-state index in [0.29, 0.717) is 36.2 Å². The smallest absolute Gasteiger partial charge is 0.306 e. The summed E-state index contributed by atoms with van der Waals surface area (Å²) in [4.78, 5) is 36.0. The lowest BCUT2D eigenvalue weighted by atomic mass is 9.99. The summed E-state index contributed by atoms with van der Waals surface area (Å²) < 4.78 is 50.8. The molecule has 1 aromatic carbocycles. The highest BCUT2D eigenvalue weighted by molar-refractivity contribution is 7.20. The average molecular weight is 680 g/mol. The number of hydrogen-bond donors (Lipinski definition) is 3. The van der Waals surface area contributed by atoms with E-state index >= 15 is 0 Å². The van der Waals surface area contributed by atoms with Crippen molar-refractivity contribution in [1.82, 2.24) is 19.4 Å². The van der Waals surface area contributed by atoms with Crippen LogP contribution < -0.4 is 15.6 Å². The third-order valence-electron chi connectivity index (χ3n) is 7.67. The predicted octanol–water partition coefficient (Wildman–Crippen LogP) is 2.99. The monoisotopic (exact) mass is 679 g/mol. The molecule has 4 rings (SSSR count). The summed E-state index contributed by atoms with van der Waals surface area (Å²) in [5.41, 5.74) is 0.0467. The van der Waals surface area contributed by atoms with Crippen molar-refractivity contribution in [2.45, 2.75) is 69.6 Å². The molecule has 3 aromatic rings. The first-order valence-corrected chi connectivity index (χ1v) is 15.6. The maximum absolute atomic E-state index is 14.1. The third kappa shape index (κ3) is 9.72. The van der Waals surface area contributed by atoms with Crippen LogP contribution >= 0.6 is 8.86 Å². The molecule has 1 fully saturated rings. The van der Waals surface area contributed by atoms with Gasteiger partial charge in [0.15, 0.2) is 23.6 Å². The molecule has 3 N–H and O–H groups in total. The van der Waals surface area contributed by atoms with Crippen molar-refractivity contribution in [2.24, 2.45) is 7.05 Å². The summed E-state index contributed by atoms with van der Waals surface area (Å²) in [5.74, 6) is -2.52. The fourth-order valence-electron chi connectivity index (χ4n) is 5.17. The Bertz CT molecular complexity index is 1630. The molecule has 0 spiro atoms. The summed E-state index contributed by atoms with van der Waals surface area (Å²) in [6, 6.07) is 3.67. The number of aryl methyl sites for hydroxylation is 1. The van der Waals surface area contributed by atoms with Crippen molar-refractivity contribution >= 4 is 37.3 Å². The van der Waals surface area contributed by atoms with Crippen LogP contribution in [0.2, 0.25) is 0 Å². The lowest BCUT2D eigenvalue weighted by Gasteiger charge is -2.41. The Balaban J connectivity index is 1.30. The van der Waals surface area contributed by atoms with Crippen molar-refractivity contribution in [1.29, 1.82) is 0 Å². The highest BCUT2D eigenvalue weighted by Gasteiger charge is 2.39. The number of carbonyl (C=O) groups is 1. The minimum Gasteiger partial charge on any atom is -0.466 e. The van der Waals surface area contributed by atoms with E-state index in [0.717, 1.165) is 12.1 Å². The lowest BCUT2D eigenvalue weighted by Crippen LogP contribution is -2.54. The molecule has 1 aliphatic heterocycles. The van der Waals surface area contributed by atoms with Gasteiger partial charge in [-0.2, -0.15) is 4.98 Å². The maximum Gasteiger partial charge on any atom is 0.306 e. The fraction of sp³-hybridized carbons (Fsp3) is 0.516. The zero-order chi connectivity index (χ0) is 34.2. The Morgan fingerprint density at radius 2 is 2.00 bits per heavy atom. The van der Waals surface area contributed by atoms with Crippen molar-refractivity contribution in [3.05, 3.63) is 52.5 Å². The maximum atomic E-state index is 14.1. The van der Waals surface area contributed by atoms with Crippen LogP contribution in [0.4, 0.5) is 14.7 Å². The topological polar surface area (TPSA) is 158 Å². The number of anilines is 1. The van der Waals surface area contributed by atoms with E-state index in [2.05, 4.69) is 24.1 Å². The van der Waals surface area contributed by atoms with Crippen molar-refractivity contribution in [3.63, 3.8) is 0 Å². The third-order valence-corrected chi connectivity index (χ3v) is 8.04. The second kappa shape index (κ2) is 16.5. The number of nitrogens with one attached hydrogen (secondary N) is 1. The molecule has 1 saturated heterocycles. The van der Waals surface area contributed by atoms with Crippen molar-refractivity contribution in [3.8, 4) is 11.5 Å². The molecule has 2 unspecified atom stereocenters. The minimum absolute atomic E-state index is 0.0327. The second-order valence-electron chi connectivity index (χ2n) is 11.5. The highest BCUT2D eigenvalue weighted by Crippen LogP contribution is 2.26. The first kappa shape index (κ1) is 36.2. The molecular weight excluding hydrogens is 639 g/mol. The summed E-state index contributed by atoms with van der Waals surface area (Å²) in [5, 5.41) is 23.5. The number of benzene rings is 1. The number of halogens is 2. The molecule has 47 heavy (non-hydrogen) atoms. The van der Waals surface area contributed by atoms with Crippen LogP contribution in [0.3, 0.4) is 0 Å². The van der Waals surface area contributed by atoms with Gasteiger partial charge in [0, 0.05) is 56.2 Å². The van der Waals surface area contributed by atoms with Gasteiger partial charge in [0.1, 0.15) is 17.6 Å². The zero-order valence-corrected chi connectivity index (χ0v) is 27.6. The summed E-state index contributed by atoms with van der Waals surface area (Å²) in [6.07, 6.45) is 1.16. The highest BCUT2D eigenvalue weighted by atomic mass is 31.0. The van der Waals surface area contributed by atoms with Crippen LogP contribution in [-0.2, 0) is 26.1 Å². The number of aliphatic hydroxyl groups is 2. The van der Waals surface area contributed by atoms with Gasteiger partial charge in [0.2, 0.25) is 5.95 Å². The number of nitrogens with zero attached hydrogens (tertiary/aromatic N) is 4. The first-order chi connectivity index (χ1) is 22.4. The van der Waals surface area contributed by atoms with E-state index < -0.39 is 35.6 Å². The standard InChI is InChI=1S/C31H40F2N5O8P/c1-17-13-22(37(2)3)27(30(42)44-17)46-26(47)8-7-25(40)43-12-10-20(9-11-39)35-31-34-16-18-14-24(29(41)38(4)28(18)36-31)45-23-6-5-19(32)15-21(23)33/h5-6,14-17,20,22,27,30,39,42,47H,7-13H2,1-4H3,(H,34,35,36)/t17-,20?,22?,27-,30-/m1/s1. The van der Waals surface area contributed by atoms with Crippen LogP contribution in [0, 0.1) is 11.6 Å². The SMILES string of the molecule is C[C@@H]1CC(N(C)C)[C@@H](OC(=P)CCC(=O)OCCC(CCO)Nc2ncc3cc(Oc4ccc(F)cc4F)c(=O)n(C)c3n2)[C@H](O)O1. The Morgan fingerprint density at radius 3 is 2.70 bits per heavy atom. The Labute approximate surface area is 272 Å². The average Bonchev–Trinajstić information content (AvgIpc) is 3.01. The molecule has 0 amide bonds. The number of aliphatic hydroxyl groups excluding tert-OH is 2. The largest absolute Gasteiger partial charge is 0.466 e. The van der Waals surface area contributed by atoms with Crippen LogP contribution in [-0.4, -0.2) is 99.0 Å². The van der Waals surface area contributed by atoms with E-state index in [4.69, 9.17) is 18.9 Å². The second-order valence-corrected chi connectivity index (χ2v) is 12.1. The molecule has 16 heteroatoms. The molecule has 13 nitrogen and oxygen atoms in total. The van der Waals surface area contributed by atoms with Crippen LogP contribution in [0.25, 0.3) is 11.0 Å². The molecule has 256 valence electrons. The lowest BCUT2D eigenvalue weighted by molar-refractivity contribution is -0.225. The number of carbonyl (C=O) groups excluding carboxylic acids is 1. The normalized spacial score (nSPS) is 20.3. The number of likely N-dealkylation sites (N-methyl/N-ethyl adjacent to an activating group) is 1. The van der Waals surface area contributed by atoms with Gasteiger partial charge in [0.25, 0.3) is 5.56 Å². The minimum atomic E-state index is -1.11. The van der Waals surface area contributed by atoms with Crippen molar-refractivity contribution < 1.29 is 42.7 Å². The molecule has 3 heterocycles. The number of ether oxygens (including phenoxy) is 4. The van der Waals surface area contributed by atoms with Gasteiger partial charge in [-0.15, -0.1) is 0 Å². The van der Waals surface area contributed by atoms with E-state index in [1.165, 1.54) is 23.9 Å². The van der Waals surface area contributed by atoms with Gasteiger partial charge < -0.3 is 39.4 Å². The van der Waals surface area contributed by atoms with Gasteiger partial charge in [-0.25, -0.2) is 13.8 Å². The molecule has 0 bridgehead atoms. The summed E-state index contributed by atoms with van der Waals surface area (Å²) in [7, 11) is 8.68. The van der Waals surface area contributed by atoms with Crippen LogP contribution in [0.5, 0.6) is 11.5 Å². The number of rotatable bonds is 15. The van der Waals surface area contributed by atoms with E-state index in [1.807, 2.05) is 25.9 Å². The van der Waals surface area contributed by atoms with Crippen LogP contribution in [0.15, 0.2) is 35.3 Å². The fourth-order valence-corrected chi connectivity index (χ4v) is 5.43. The van der Waals surface area contributed by atoms with Gasteiger partial charge in [-0.05, 0) is 52.1 Å². The predicted molar refractivity (Wildman–Crippen MR) is 172 cm³/mol. The Morgan fingerprint density at radius 1 is 1.23 bits per heavy atom. The number of hydrogen-bond acceptors (Lipinski definition) is 12. The summed E-state index contributed by atoms with van der Waals surface area (Å²) in [6.45, 7) is 1.79. The molecule has 0 radical (unpaired) electrons. The molecule has 5 atom stereocenters. The summed E-state index contributed by atoms with van der Waals surface area (Å²) >= 11 is 0. The quantitative estimate of drug-likeness (QED) is 0.160. The van der Waals surface area contributed by atoms with Crippen LogP contribution in [0.1, 0.15) is 39.0 Å². The molecule has 0 saturated carbocycles. The van der Waals surface area contributed by atoms with Gasteiger partial charge >= 0.3 is 5.97 Å². The molecule has 0 aliphatic carbocycles. The number of aromatic nitrogens is 3. The first-order valence-electron chi connectivity index (χ1n) is 15.1. The van der Waals surface area contributed by atoms with E-state index in [9.17, 15) is 28.6 Å². The Kier molecular flexibility index (Phi) is 12.7. The van der Waals surface area contributed by atoms with Gasteiger partial charge in [-0.1, -0.05) is 8.86 Å². The number of pyridine rings is 1. The molecule has 1 aliphatic rings. The Hall–Kier alpha value is -3.59. The number of esters is 1. The van der Waals surface area contributed by atoms with Gasteiger partial charge in [0.05, 0.1) is 24.6 Å². The van der Waals surface area contributed by atoms with E-state index in [1.54, 1.807) is 0 Å². The molecular formula is C31H40F2N5O8P. The number of fused-ring (bicyclic) bond motifs is 1.